The Morgan fingerprint density at radius 1 is 0.793 bits per heavy atom. The van der Waals surface area contributed by atoms with Gasteiger partial charge in [0.15, 0.2) is 0 Å². The van der Waals surface area contributed by atoms with Gasteiger partial charge in [0.05, 0.1) is 24.6 Å². The number of nitrogens with one attached hydrogen (secondary N) is 2. The van der Waals surface area contributed by atoms with Crippen LogP contribution in [0.15, 0.2) is 60.7 Å². The van der Waals surface area contributed by atoms with Crippen LogP contribution in [0.3, 0.4) is 0 Å². The average Bonchev–Trinajstić information content (AvgIpc) is 2.75. The number of carbonyl (C=O) groups is 2. The van der Waals surface area contributed by atoms with Crippen LogP contribution in [0.4, 0.5) is 17.1 Å². The van der Waals surface area contributed by atoms with Crippen LogP contribution in [0.5, 0.6) is 5.75 Å². The molecule has 0 unspecified atom stereocenters. The largest absolute Gasteiger partial charge is 0.507 e. The van der Waals surface area contributed by atoms with E-state index in [4.69, 9.17) is 4.74 Å². The van der Waals surface area contributed by atoms with Gasteiger partial charge < -0.3 is 25.4 Å². The van der Waals surface area contributed by atoms with Crippen molar-refractivity contribution in [3.8, 4) is 5.75 Å². The van der Waals surface area contributed by atoms with Gasteiger partial charge in [-0.1, -0.05) is 36.4 Å². The molecule has 1 aliphatic heterocycles. The fourth-order valence-corrected chi connectivity index (χ4v) is 3.42. The molecular weight excluding hydrogens is 370 g/mol. The van der Waals surface area contributed by atoms with Gasteiger partial charge >= 0.3 is 11.8 Å². The summed E-state index contributed by atoms with van der Waals surface area (Å²) in [6.45, 7) is 2.69. The topological polar surface area (TPSA) is 90.9 Å². The molecule has 0 radical (unpaired) electrons. The van der Waals surface area contributed by atoms with E-state index in [-0.39, 0.29) is 5.75 Å². The Balaban J connectivity index is 1.52. The summed E-state index contributed by atoms with van der Waals surface area (Å²) in [5, 5.41) is 16.6. The van der Waals surface area contributed by atoms with Crippen LogP contribution in [0, 0.1) is 0 Å². The van der Waals surface area contributed by atoms with Crippen molar-refractivity contribution in [2.45, 2.75) is 0 Å². The van der Waals surface area contributed by atoms with Gasteiger partial charge in [-0.3, -0.25) is 9.59 Å². The minimum atomic E-state index is -0.780. The van der Waals surface area contributed by atoms with Crippen molar-refractivity contribution in [2.75, 3.05) is 41.8 Å². The monoisotopic (exact) mass is 391 g/mol. The standard InChI is InChI=1S/C22H21N3O4/c26-20-10-4-5-15-16(20)6-3-8-17(15)23-21(27)22(28)24-18-7-1-2-9-19(18)25-11-13-29-14-12-25/h1-10,26H,11-14H2,(H,23,27)(H,24,28). The zero-order valence-corrected chi connectivity index (χ0v) is 15.7. The summed E-state index contributed by atoms with van der Waals surface area (Å²) < 4.78 is 5.38. The number of rotatable bonds is 3. The third kappa shape index (κ3) is 4.00. The van der Waals surface area contributed by atoms with Crippen molar-refractivity contribution >= 4 is 39.6 Å². The molecule has 7 heteroatoms. The van der Waals surface area contributed by atoms with Crippen LogP contribution in [0.2, 0.25) is 0 Å². The van der Waals surface area contributed by atoms with Crippen molar-refractivity contribution < 1.29 is 19.4 Å². The second kappa shape index (κ2) is 8.20. The van der Waals surface area contributed by atoms with E-state index in [2.05, 4.69) is 15.5 Å². The Bertz CT molecular complexity index is 1060. The van der Waals surface area contributed by atoms with Gasteiger partial charge in [-0.2, -0.15) is 0 Å². The van der Waals surface area contributed by atoms with Crippen LogP contribution < -0.4 is 15.5 Å². The fraction of sp³-hybridized carbons (Fsp3) is 0.182. The molecule has 0 aromatic heterocycles. The number of carbonyl (C=O) groups excluding carboxylic acids is 2. The first-order chi connectivity index (χ1) is 14.1. The van der Waals surface area contributed by atoms with Crippen LogP contribution in [-0.4, -0.2) is 43.2 Å². The molecule has 3 aromatic rings. The third-order valence-electron chi connectivity index (χ3n) is 4.86. The Morgan fingerprint density at radius 3 is 2.21 bits per heavy atom. The lowest BCUT2D eigenvalue weighted by atomic mass is 10.1. The maximum Gasteiger partial charge on any atom is 0.314 e. The zero-order chi connectivity index (χ0) is 20.2. The summed E-state index contributed by atoms with van der Waals surface area (Å²) in [6.07, 6.45) is 0. The van der Waals surface area contributed by atoms with Crippen LogP contribution in [0.1, 0.15) is 0 Å². The SMILES string of the molecule is O=C(Nc1ccccc1N1CCOCC1)C(=O)Nc1cccc2c(O)cccc12. The van der Waals surface area contributed by atoms with E-state index in [1.165, 1.54) is 0 Å². The van der Waals surface area contributed by atoms with Crippen molar-refractivity contribution in [2.24, 2.45) is 0 Å². The smallest absolute Gasteiger partial charge is 0.314 e. The molecule has 1 heterocycles. The number of phenols is 1. The molecule has 0 saturated carbocycles. The van der Waals surface area contributed by atoms with E-state index >= 15 is 0 Å². The molecule has 3 aromatic carbocycles. The van der Waals surface area contributed by atoms with Crippen molar-refractivity contribution in [1.82, 2.24) is 0 Å². The van der Waals surface area contributed by atoms with E-state index in [0.29, 0.717) is 35.4 Å². The van der Waals surface area contributed by atoms with E-state index in [1.807, 2.05) is 18.2 Å². The number of morpholine rings is 1. The van der Waals surface area contributed by atoms with Crippen molar-refractivity contribution in [3.63, 3.8) is 0 Å². The summed E-state index contributed by atoms with van der Waals surface area (Å²) in [5.74, 6) is -1.43. The Morgan fingerprint density at radius 2 is 1.41 bits per heavy atom. The highest BCUT2D eigenvalue weighted by Gasteiger charge is 2.19. The highest BCUT2D eigenvalue weighted by atomic mass is 16.5. The Hall–Kier alpha value is -3.58. The highest BCUT2D eigenvalue weighted by Crippen LogP contribution is 2.30. The highest BCUT2D eigenvalue weighted by molar-refractivity contribution is 6.44. The number of hydrogen-bond donors (Lipinski definition) is 3. The second-order valence-corrected chi connectivity index (χ2v) is 6.70. The molecule has 0 bridgehead atoms. The summed E-state index contributed by atoms with van der Waals surface area (Å²) in [5.41, 5.74) is 1.89. The van der Waals surface area contributed by atoms with E-state index in [9.17, 15) is 14.7 Å². The molecule has 0 spiro atoms. The van der Waals surface area contributed by atoms with Gasteiger partial charge in [-0.15, -0.1) is 0 Å². The first-order valence-corrected chi connectivity index (χ1v) is 9.38. The molecule has 1 aliphatic rings. The van der Waals surface area contributed by atoms with E-state index in [1.54, 1.807) is 42.5 Å². The predicted molar refractivity (Wildman–Crippen MR) is 112 cm³/mol. The second-order valence-electron chi connectivity index (χ2n) is 6.70. The lowest BCUT2D eigenvalue weighted by Crippen LogP contribution is -2.37. The first-order valence-electron chi connectivity index (χ1n) is 9.38. The Labute approximate surface area is 167 Å². The maximum atomic E-state index is 12.5. The van der Waals surface area contributed by atoms with Crippen LogP contribution in [-0.2, 0) is 14.3 Å². The number of anilines is 3. The van der Waals surface area contributed by atoms with Crippen molar-refractivity contribution in [3.05, 3.63) is 60.7 Å². The summed E-state index contributed by atoms with van der Waals surface area (Å²) in [4.78, 5) is 27.2. The normalized spacial score (nSPS) is 13.9. The molecule has 4 rings (SSSR count). The number of hydrogen-bond acceptors (Lipinski definition) is 5. The van der Waals surface area contributed by atoms with E-state index in [0.717, 1.165) is 18.8 Å². The minimum absolute atomic E-state index is 0.113. The lowest BCUT2D eigenvalue weighted by molar-refractivity contribution is -0.132. The molecule has 7 nitrogen and oxygen atoms in total. The third-order valence-corrected chi connectivity index (χ3v) is 4.86. The molecule has 29 heavy (non-hydrogen) atoms. The number of phenolic OH excluding ortho intramolecular Hbond substituents is 1. The number of ether oxygens (including phenoxy) is 1. The quantitative estimate of drug-likeness (QED) is 0.597. The number of para-hydroxylation sites is 2. The molecule has 3 N–H and O–H groups in total. The molecule has 0 atom stereocenters. The maximum absolute atomic E-state index is 12.5. The van der Waals surface area contributed by atoms with Crippen molar-refractivity contribution in [1.29, 1.82) is 0 Å². The van der Waals surface area contributed by atoms with Gasteiger partial charge in [-0.05, 0) is 24.3 Å². The summed E-state index contributed by atoms with van der Waals surface area (Å²) >= 11 is 0. The fourth-order valence-electron chi connectivity index (χ4n) is 3.42. The molecule has 1 saturated heterocycles. The molecule has 2 amide bonds. The van der Waals surface area contributed by atoms with Gasteiger partial charge in [0.25, 0.3) is 0 Å². The first kappa shape index (κ1) is 18.8. The Kier molecular flexibility index (Phi) is 5.31. The minimum Gasteiger partial charge on any atom is -0.507 e. The number of aromatic hydroxyl groups is 1. The predicted octanol–water partition coefficient (Wildman–Crippen LogP) is 2.96. The molecular formula is C22H21N3O4. The average molecular weight is 391 g/mol. The lowest BCUT2D eigenvalue weighted by Gasteiger charge is -2.30. The van der Waals surface area contributed by atoms with Gasteiger partial charge in [0.2, 0.25) is 0 Å². The van der Waals surface area contributed by atoms with Crippen LogP contribution >= 0.6 is 0 Å². The summed E-state index contributed by atoms with van der Waals surface area (Å²) in [7, 11) is 0. The zero-order valence-electron chi connectivity index (χ0n) is 15.7. The number of fused-ring (bicyclic) bond motifs is 1. The molecule has 0 aliphatic carbocycles. The molecule has 148 valence electrons. The summed E-state index contributed by atoms with van der Waals surface area (Å²) in [6, 6.07) is 17.6. The van der Waals surface area contributed by atoms with Gasteiger partial charge in [-0.25, -0.2) is 0 Å². The van der Waals surface area contributed by atoms with Gasteiger partial charge in [0.1, 0.15) is 5.75 Å². The van der Waals surface area contributed by atoms with E-state index < -0.39 is 11.8 Å². The number of nitrogens with zero attached hydrogens (tertiary/aromatic N) is 1. The molecule has 1 fully saturated rings. The van der Waals surface area contributed by atoms with Crippen LogP contribution in [0.25, 0.3) is 10.8 Å². The number of amides is 2. The number of benzene rings is 3. The van der Waals surface area contributed by atoms with Gasteiger partial charge in [0, 0.05) is 29.5 Å².